The molecule has 3 atom stereocenters. The van der Waals surface area contributed by atoms with E-state index in [2.05, 4.69) is 49.7 Å². The van der Waals surface area contributed by atoms with Crippen molar-refractivity contribution in [2.75, 3.05) is 19.7 Å². The lowest BCUT2D eigenvalue weighted by Crippen LogP contribution is -2.42. The quantitative estimate of drug-likeness (QED) is 0.832. The summed E-state index contributed by atoms with van der Waals surface area (Å²) in [6.07, 6.45) is 3.53. The maximum absolute atomic E-state index is 5.60. The molecule has 0 bridgehead atoms. The lowest BCUT2D eigenvalue weighted by molar-refractivity contribution is -0.0320. The number of ether oxygens (including phenoxy) is 1. The molecule has 0 radical (unpaired) electrons. The zero-order valence-electron chi connectivity index (χ0n) is 12.6. The molecular weight excluding hydrogens is 236 g/mol. The van der Waals surface area contributed by atoms with Crippen LogP contribution in [0.4, 0.5) is 0 Å². The first-order valence-electron chi connectivity index (χ1n) is 7.43. The highest BCUT2D eigenvalue weighted by molar-refractivity contribution is 5.19. The summed E-state index contributed by atoms with van der Waals surface area (Å²) in [4.78, 5) is 7.11. The van der Waals surface area contributed by atoms with Gasteiger partial charge in [0.05, 0.1) is 12.7 Å². The molecule has 1 aromatic heterocycles. The van der Waals surface area contributed by atoms with Gasteiger partial charge in [0.2, 0.25) is 0 Å². The van der Waals surface area contributed by atoms with Gasteiger partial charge in [-0.2, -0.15) is 0 Å². The Morgan fingerprint density at radius 3 is 2.79 bits per heavy atom. The molecule has 1 aliphatic heterocycles. The normalized spacial score (nSPS) is 24.1. The molecule has 2 rings (SSSR count). The van der Waals surface area contributed by atoms with E-state index in [1.165, 1.54) is 11.3 Å². The van der Waals surface area contributed by atoms with E-state index in [-0.39, 0.29) is 0 Å². The first-order chi connectivity index (χ1) is 9.11. The molecule has 1 aromatic rings. The van der Waals surface area contributed by atoms with Gasteiger partial charge in [0.25, 0.3) is 0 Å². The number of nitrogens with zero attached hydrogens (tertiary/aromatic N) is 2. The SMILES string of the molecule is CCC(C)c1ccc([C@H](C)N2CCO[C@H](C)C2)cn1. The number of rotatable bonds is 4. The van der Waals surface area contributed by atoms with Crippen molar-refractivity contribution in [2.45, 2.75) is 52.2 Å². The molecule has 1 aliphatic rings. The summed E-state index contributed by atoms with van der Waals surface area (Å²) in [6, 6.07) is 4.84. The molecule has 0 amide bonds. The van der Waals surface area contributed by atoms with Crippen molar-refractivity contribution in [1.82, 2.24) is 9.88 Å². The molecule has 1 fully saturated rings. The molecule has 3 heteroatoms. The highest BCUT2D eigenvalue weighted by atomic mass is 16.5. The van der Waals surface area contributed by atoms with E-state index >= 15 is 0 Å². The lowest BCUT2D eigenvalue weighted by Gasteiger charge is -2.35. The molecule has 0 N–H and O–H groups in total. The van der Waals surface area contributed by atoms with E-state index in [0.29, 0.717) is 18.1 Å². The first kappa shape index (κ1) is 14.5. The molecule has 19 heavy (non-hydrogen) atoms. The van der Waals surface area contributed by atoms with Gasteiger partial charge in [0.15, 0.2) is 0 Å². The van der Waals surface area contributed by atoms with E-state index < -0.39 is 0 Å². The van der Waals surface area contributed by atoms with E-state index in [4.69, 9.17) is 4.74 Å². The van der Waals surface area contributed by atoms with E-state index in [9.17, 15) is 0 Å². The molecular formula is C16H26N2O. The van der Waals surface area contributed by atoms with Gasteiger partial charge in [-0.1, -0.05) is 19.9 Å². The third kappa shape index (κ3) is 3.54. The summed E-state index contributed by atoms with van der Waals surface area (Å²) in [5, 5.41) is 0. The van der Waals surface area contributed by atoms with E-state index in [1.807, 2.05) is 6.20 Å². The maximum Gasteiger partial charge on any atom is 0.0674 e. The van der Waals surface area contributed by atoms with Crippen LogP contribution in [-0.2, 0) is 4.74 Å². The van der Waals surface area contributed by atoms with Crippen LogP contribution in [0.5, 0.6) is 0 Å². The Hall–Kier alpha value is -0.930. The highest BCUT2D eigenvalue weighted by Crippen LogP contribution is 2.24. The van der Waals surface area contributed by atoms with Gasteiger partial charge in [-0.05, 0) is 37.8 Å². The fraction of sp³-hybridized carbons (Fsp3) is 0.688. The zero-order valence-corrected chi connectivity index (χ0v) is 12.6. The smallest absolute Gasteiger partial charge is 0.0674 e. The van der Waals surface area contributed by atoms with Gasteiger partial charge in [-0.25, -0.2) is 0 Å². The Labute approximate surface area is 117 Å². The van der Waals surface area contributed by atoms with Crippen molar-refractivity contribution in [3.8, 4) is 0 Å². The minimum absolute atomic E-state index is 0.337. The second-order valence-electron chi connectivity index (χ2n) is 5.68. The summed E-state index contributed by atoms with van der Waals surface area (Å²) in [7, 11) is 0. The van der Waals surface area contributed by atoms with E-state index in [1.54, 1.807) is 0 Å². The maximum atomic E-state index is 5.60. The van der Waals surface area contributed by atoms with Gasteiger partial charge in [-0.15, -0.1) is 0 Å². The number of pyridine rings is 1. The largest absolute Gasteiger partial charge is 0.376 e. The second-order valence-corrected chi connectivity index (χ2v) is 5.68. The Balaban J connectivity index is 2.04. The van der Waals surface area contributed by atoms with Crippen LogP contribution in [0, 0.1) is 0 Å². The monoisotopic (exact) mass is 262 g/mol. The van der Waals surface area contributed by atoms with E-state index in [0.717, 1.165) is 26.1 Å². The molecule has 1 unspecified atom stereocenters. The molecule has 2 heterocycles. The molecule has 0 aliphatic carbocycles. The van der Waals surface area contributed by atoms with Crippen LogP contribution in [0.15, 0.2) is 18.3 Å². The average molecular weight is 262 g/mol. The summed E-state index contributed by atoms with van der Waals surface area (Å²) in [5.74, 6) is 0.549. The number of aromatic nitrogens is 1. The van der Waals surface area contributed by atoms with Crippen molar-refractivity contribution in [3.63, 3.8) is 0 Å². The standard InChI is InChI=1S/C16H26N2O/c1-5-12(2)16-7-6-15(10-17-16)14(4)18-8-9-19-13(3)11-18/h6-7,10,12-14H,5,8-9,11H2,1-4H3/t12?,13-,14+/m1/s1. The zero-order chi connectivity index (χ0) is 13.8. The first-order valence-corrected chi connectivity index (χ1v) is 7.43. The van der Waals surface area contributed by atoms with Gasteiger partial charge < -0.3 is 4.74 Å². The summed E-state index contributed by atoms with van der Waals surface area (Å²) < 4.78 is 5.60. The second kappa shape index (κ2) is 6.49. The van der Waals surface area contributed by atoms with Crippen LogP contribution in [0.3, 0.4) is 0 Å². The Bertz CT molecular complexity index is 390. The predicted molar refractivity (Wildman–Crippen MR) is 78.3 cm³/mol. The fourth-order valence-corrected chi connectivity index (χ4v) is 2.57. The van der Waals surface area contributed by atoms with Crippen molar-refractivity contribution in [1.29, 1.82) is 0 Å². The molecule has 0 aromatic carbocycles. The average Bonchev–Trinajstić information content (AvgIpc) is 2.46. The summed E-state index contributed by atoms with van der Waals surface area (Å²) >= 11 is 0. The summed E-state index contributed by atoms with van der Waals surface area (Å²) in [5.41, 5.74) is 2.51. The third-order valence-corrected chi connectivity index (χ3v) is 4.23. The van der Waals surface area contributed by atoms with Crippen LogP contribution < -0.4 is 0 Å². The number of hydrogen-bond acceptors (Lipinski definition) is 3. The number of morpholine rings is 1. The van der Waals surface area contributed by atoms with Gasteiger partial charge in [0, 0.05) is 31.0 Å². The van der Waals surface area contributed by atoms with Gasteiger partial charge in [-0.3, -0.25) is 9.88 Å². The highest BCUT2D eigenvalue weighted by Gasteiger charge is 2.22. The Morgan fingerprint density at radius 1 is 1.42 bits per heavy atom. The minimum atomic E-state index is 0.337. The molecule has 0 saturated carbocycles. The molecule has 1 saturated heterocycles. The van der Waals surface area contributed by atoms with Crippen LogP contribution >= 0.6 is 0 Å². The fourth-order valence-electron chi connectivity index (χ4n) is 2.57. The third-order valence-electron chi connectivity index (χ3n) is 4.23. The molecule has 0 spiro atoms. The van der Waals surface area contributed by atoms with Crippen LogP contribution in [-0.4, -0.2) is 35.7 Å². The lowest BCUT2D eigenvalue weighted by atomic mass is 10.0. The van der Waals surface area contributed by atoms with Gasteiger partial charge in [0.1, 0.15) is 0 Å². The van der Waals surface area contributed by atoms with Crippen molar-refractivity contribution in [2.24, 2.45) is 0 Å². The summed E-state index contributed by atoms with van der Waals surface area (Å²) in [6.45, 7) is 11.7. The molecule has 3 nitrogen and oxygen atoms in total. The Kier molecular flexibility index (Phi) is 4.94. The number of hydrogen-bond donors (Lipinski definition) is 0. The van der Waals surface area contributed by atoms with Crippen LogP contribution in [0.25, 0.3) is 0 Å². The van der Waals surface area contributed by atoms with Crippen LogP contribution in [0.2, 0.25) is 0 Å². The van der Waals surface area contributed by atoms with Crippen molar-refractivity contribution in [3.05, 3.63) is 29.6 Å². The van der Waals surface area contributed by atoms with Crippen LogP contribution in [0.1, 0.15) is 57.3 Å². The van der Waals surface area contributed by atoms with Crippen molar-refractivity contribution < 1.29 is 4.74 Å². The predicted octanol–water partition coefficient (Wildman–Crippen LogP) is 3.38. The van der Waals surface area contributed by atoms with Gasteiger partial charge >= 0.3 is 0 Å². The Morgan fingerprint density at radius 2 is 2.21 bits per heavy atom. The van der Waals surface area contributed by atoms with Crippen molar-refractivity contribution >= 4 is 0 Å². The minimum Gasteiger partial charge on any atom is -0.376 e. The topological polar surface area (TPSA) is 25.4 Å². The molecule has 106 valence electrons.